The standard InChI is InChI=1S/C14H25N3O/c1-4-13(5-2)17(8-9-18-3)14-10-12(11-15)6-7-16-14/h6-7,10,13H,4-5,8-9,11,15H2,1-3H3. The van der Waals surface area contributed by atoms with Crippen LogP contribution in [0.15, 0.2) is 18.3 Å². The molecule has 4 nitrogen and oxygen atoms in total. The van der Waals surface area contributed by atoms with Crippen LogP contribution in [0.1, 0.15) is 32.3 Å². The maximum atomic E-state index is 5.69. The van der Waals surface area contributed by atoms with Gasteiger partial charge in [0.1, 0.15) is 5.82 Å². The average molecular weight is 251 g/mol. The summed E-state index contributed by atoms with van der Waals surface area (Å²) in [6, 6.07) is 4.54. The van der Waals surface area contributed by atoms with Crippen molar-refractivity contribution in [1.29, 1.82) is 0 Å². The molecule has 0 unspecified atom stereocenters. The third kappa shape index (κ3) is 3.96. The van der Waals surface area contributed by atoms with Gasteiger partial charge in [0.15, 0.2) is 0 Å². The molecule has 1 rings (SSSR count). The highest BCUT2D eigenvalue weighted by atomic mass is 16.5. The topological polar surface area (TPSA) is 51.4 Å². The number of ether oxygens (including phenoxy) is 1. The lowest BCUT2D eigenvalue weighted by Crippen LogP contribution is -2.37. The SMILES string of the molecule is CCC(CC)N(CCOC)c1cc(CN)ccn1. The van der Waals surface area contributed by atoms with Crippen molar-refractivity contribution in [3.63, 3.8) is 0 Å². The molecule has 0 aliphatic rings. The summed E-state index contributed by atoms with van der Waals surface area (Å²) in [5.74, 6) is 1.00. The second-order valence-electron chi connectivity index (χ2n) is 4.38. The highest BCUT2D eigenvalue weighted by Gasteiger charge is 2.16. The van der Waals surface area contributed by atoms with Crippen molar-refractivity contribution in [1.82, 2.24) is 4.98 Å². The third-order valence-corrected chi connectivity index (χ3v) is 3.26. The highest BCUT2D eigenvalue weighted by molar-refractivity contribution is 5.42. The zero-order valence-corrected chi connectivity index (χ0v) is 11.7. The predicted molar refractivity (Wildman–Crippen MR) is 75.7 cm³/mol. The van der Waals surface area contributed by atoms with Crippen molar-refractivity contribution in [3.05, 3.63) is 23.9 Å². The molecule has 0 aliphatic heterocycles. The summed E-state index contributed by atoms with van der Waals surface area (Å²) in [6.07, 6.45) is 4.04. The molecular formula is C14H25N3O. The van der Waals surface area contributed by atoms with Gasteiger partial charge in [-0.3, -0.25) is 0 Å². The first-order chi connectivity index (χ1) is 8.76. The van der Waals surface area contributed by atoms with Gasteiger partial charge in [-0.05, 0) is 30.5 Å². The zero-order chi connectivity index (χ0) is 13.4. The number of pyridine rings is 1. The minimum absolute atomic E-state index is 0.501. The van der Waals surface area contributed by atoms with Gasteiger partial charge in [0.25, 0.3) is 0 Å². The molecule has 0 aromatic carbocycles. The Kier molecular flexibility index (Phi) is 6.68. The summed E-state index contributed by atoms with van der Waals surface area (Å²) < 4.78 is 5.20. The Balaban J connectivity index is 2.92. The number of nitrogens with two attached hydrogens (primary N) is 1. The minimum atomic E-state index is 0.501. The lowest BCUT2D eigenvalue weighted by atomic mass is 10.1. The number of anilines is 1. The van der Waals surface area contributed by atoms with E-state index in [4.69, 9.17) is 10.5 Å². The Morgan fingerprint density at radius 2 is 2.11 bits per heavy atom. The number of hydrogen-bond acceptors (Lipinski definition) is 4. The lowest BCUT2D eigenvalue weighted by Gasteiger charge is -2.31. The van der Waals surface area contributed by atoms with Crippen LogP contribution in [0, 0.1) is 0 Å². The maximum absolute atomic E-state index is 5.69. The van der Waals surface area contributed by atoms with Crippen LogP contribution in [0.2, 0.25) is 0 Å². The van der Waals surface area contributed by atoms with Crippen molar-refractivity contribution in [3.8, 4) is 0 Å². The fraction of sp³-hybridized carbons (Fsp3) is 0.643. The van der Waals surface area contributed by atoms with Crippen LogP contribution in [-0.2, 0) is 11.3 Å². The minimum Gasteiger partial charge on any atom is -0.383 e. The molecule has 0 saturated carbocycles. The molecule has 0 radical (unpaired) electrons. The average Bonchev–Trinajstić information content (AvgIpc) is 2.43. The summed E-state index contributed by atoms with van der Waals surface area (Å²) >= 11 is 0. The number of rotatable bonds is 8. The number of methoxy groups -OCH3 is 1. The number of aromatic nitrogens is 1. The van der Waals surface area contributed by atoms with Crippen molar-refractivity contribution in [2.75, 3.05) is 25.2 Å². The van der Waals surface area contributed by atoms with Gasteiger partial charge in [0.2, 0.25) is 0 Å². The molecule has 0 atom stereocenters. The first-order valence-corrected chi connectivity index (χ1v) is 6.67. The van der Waals surface area contributed by atoms with Gasteiger partial charge >= 0.3 is 0 Å². The summed E-state index contributed by atoms with van der Waals surface area (Å²) in [5.41, 5.74) is 6.81. The van der Waals surface area contributed by atoms with Crippen molar-refractivity contribution in [2.45, 2.75) is 39.3 Å². The van der Waals surface area contributed by atoms with Crippen LogP contribution < -0.4 is 10.6 Å². The van der Waals surface area contributed by atoms with Crippen LogP contribution in [0.25, 0.3) is 0 Å². The van der Waals surface area contributed by atoms with E-state index in [-0.39, 0.29) is 0 Å². The molecule has 0 bridgehead atoms. The summed E-state index contributed by atoms with van der Waals surface area (Å²) in [6.45, 7) is 6.55. The molecule has 0 spiro atoms. The van der Waals surface area contributed by atoms with Gasteiger partial charge in [0.05, 0.1) is 6.61 Å². The monoisotopic (exact) mass is 251 g/mol. The Morgan fingerprint density at radius 3 is 2.67 bits per heavy atom. The molecule has 102 valence electrons. The van der Waals surface area contributed by atoms with Gasteiger partial charge in [0, 0.05) is 32.4 Å². The van der Waals surface area contributed by atoms with E-state index >= 15 is 0 Å². The van der Waals surface area contributed by atoms with E-state index in [9.17, 15) is 0 Å². The van der Waals surface area contributed by atoms with E-state index in [1.165, 1.54) is 0 Å². The second-order valence-corrected chi connectivity index (χ2v) is 4.38. The highest BCUT2D eigenvalue weighted by Crippen LogP contribution is 2.19. The summed E-state index contributed by atoms with van der Waals surface area (Å²) in [4.78, 5) is 6.79. The zero-order valence-electron chi connectivity index (χ0n) is 11.7. The number of hydrogen-bond donors (Lipinski definition) is 1. The summed E-state index contributed by atoms with van der Waals surface area (Å²) in [5, 5.41) is 0. The molecule has 0 fully saturated rings. The Morgan fingerprint density at radius 1 is 1.39 bits per heavy atom. The normalized spacial score (nSPS) is 10.9. The fourth-order valence-electron chi connectivity index (χ4n) is 2.15. The van der Waals surface area contributed by atoms with Crippen molar-refractivity contribution >= 4 is 5.82 Å². The van der Waals surface area contributed by atoms with Crippen molar-refractivity contribution in [2.24, 2.45) is 5.73 Å². The van der Waals surface area contributed by atoms with E-state index in [0.29, 0.717) is 19.2 Å². The quantitative estimate of drug-likeness (QED) is 0.769. The van der Waals surface area contributed by atoms with Crippen LogP contribution in [0.5, 0.6) is 0 Å². The lowest BCUT2D eigenvalue weighted by molar-refractivity contribution is 0.202. The van der Waals surface area contributed by atoms with Gasteiger partial charge in [-0.2, -0.15) is 0 Å². The molecular weight excluding hydrogens is 226 g/mol. The van der Waals surface area contributed by atoms with E-state index in [1.807, 2.05) is 12.3 Å². The van der Waals surface area contributed by atoms with Crippen LogP contribution in [0.3, 0.4) is 0 Å². The van der Waals surface area contributed by atoms with Crippen LogP contribution in [0.4, 0.5) is 5.82 Å². The van der Waals surface area contributed by atoms with Gasteiger partial charge in [-0.25, -0.2) is 4.98 Å². The first-order valence-electron chi connectivity index (χ1n) is 6.67. The molecule has 0 amide bonds. The van der Waals surface area contributed by atoms with E-state index < -0.39 is 0 Å². The fourth-order valence-corrected chi connectivity index (χ4v) is 2.15. The van der Waals surface area contributed by atoms with Gasteiger partial charge in [-0.15, -0.1) is 0 Å². The molecule has 0 saturated heterocycles. The molecule has 1 heterocycles. The van der Waals surface area contributed by atoms with Crippen LogP contribution >= 0.6 is 0 Å². The molecule has 1 aromatic rings. The van der Waals surface area contributed by atoms with Crippen LogP contribution in [-0.4, -0.2) is 31.3 Å². The third-order valence-electron chi connectivity index (χ3n) is 3.26. The largest absolute Gasteiger partial charge is 0.383 e. The molecule has 0 aliphatic carbocycles. The van der Waals surface area contributed by atoms with Gasteiger partial charge < -0.3 is 15.4 Å². The Hall–Kier alpha value is -1.13. The molecule has 1 aromatic heterocycles. The van der Waals surface area contributed by atoms with E-state index in [0.717, 1.165) is 30.8 Å². The molecule has 2 N–H and O–H groups in total. The Labute approximate surface area is 110 Å². The van der Waals surface area contributed by atoms with Gasteiger partial charge in [-0.1, -0.05) is 13.8 Å². The molecule has 18 heavy (non-hydrogen) atoms. The predicted octanol–water partition coefficient (Wildman–Crippen LogP) is 2.18. The van der Waals surface area contributed by atoms with E-state index in [1.54, 1.807) is 7.11 Å². The van der Waals surface area contributed by atoms with E-state index in [2.05, 4.69) is 29.8 Å². The number of nitrogens with zero attached hydrogens (tertiary/aromatic N) is 2. The maximum Gasteiger partial charge on any atom is 0.129 e. The summed E-state index contributed by atoms with van der Waals surface area (Å²) in [7, 11) is 1.73. The van der Waals surface area contributed by atoms with Crippen molar-refractivity contribution < 1.29 is 4.74 Å². The smallest absolute Gasteiger partial charge is 0.129 e. The molecule has 4 heteroatoms. The Bertz CT molecular complexity index is 340. The first kappa shape index (κ1) is 14.9. The second kappa shape index (κ2) is 8.06.